The Bertz CT molecular complexity index is 885. The molecular weight excluding hydrogens is 280 g/mol. The van der Waals surface area contributed by atoms with Gasteiger partial charge in [-0.15, -0.1) is 0 Å². The predicted octanol–water partition coefficient (Wildman–Crippen LogP) is 2.31. The van der Waals surface area contributed by atoms with Crippen molar-refractivity contribution in [2.24, 2.45) is 10.9 Å². The molecule has 2 aliphatic heterocycles. The van der Waals surface area contributed by atoms with Gasteiger partial charge >= 0.3 is 0 Å². The van der Waals surface area contributed by atoms with Crippen molar-refractivity contribution in [1.82, 2.24) is 4.90 Å². The second kappa shape index (κ2) is 4.16. The SMILES string of the molecule is C[C@@H]1C(=O)N=C2c3ccc4ccc(O)cc4c3C(=O)N2[C@@H]1C. The van der Waals surface area contributed by atoms with Crippen molar-refractivity contribution in [3.05, 3.63) is 41.5 Å². The van der Waals surface area contributed by atoms with E-state index >= 15 is 0 Å². The van der Waals surface area contributed by atoms with Gasteiger partial charge < -0.3 is 5.11 Å². The minimum Gasteiger partial charge on any atom is -0.508 e. The van der Waals surface area contributed by atoms with Gasteiger partial charge in [-0.05, 0) is 35.9 Å². The number of hydrogen-bond donors (Lipinski definition) is 1. The van der Waals surface area contributed by atoms with Gasteiger partial charge in [-0.1, -0.05) is 19.1 Å². The van der Waals surface area contributed by atoms with Gasteiger partial charge in [0, 0.05) is 11.6 Å². The number of hydrogen-bond acceptors (Lipinski definition) is 3. The van der Waals surface area contributed by atoms with Gasteiger partial charge in [0.1, 0.15) is 11.6 Å². The highest BCUT2D eigenvalue weighted by atomic mass is 16.3. The molecule has 2 heterocycles. The van der Waals surface area contributed by atoms with E-state index in [4.69, 9.17) is 0 Å². The molecule has 0 bridgehead atoms. The minimum atomic E-state index is -0.318. The third-order valence-electron chi connectivity index (χ3n) is 4.64. The van der Waals surface area contributed by atoms with Crippen molar-refractivity contribution in [2.75, 3.05) is 0 Å². The number of carbonyl (C=O) groups is 2. The van der Waals surface area contributed by atoms with E-state index in [-0.39, 0.29) is 29.5 Å². The number of rotatable bonds is 0. The van der Waals surface area contributed by atoms with Gasteiger partial charge in [0.15, 0.2) is 0 Å². The van der Waals surface area contributed by atoms with Crippen molar-refractivity contribution < 1.29 is 14.7 Å². The van der Waals surface area contributed by atoms with Crippen molar-refractivity contribution >= 4 is 28.4 Å². The minimum absolute atomic E-state index is 0.109. The molecular formula is C17H14N2O3. The Kier molecular flexibility index (Phi) is 2.46. The average Bonchev–Trinajstić information content (AvgIpc) is 2.78. The Balaban J connectivity index is 2.04. The van der Waals surface area contributed by atoms with Crippen LogP contribution in [-0.4, -0.2) is 33.7 Å². The van der Waals surface area contributed by atoms with Gasteiger partial charge in [-0.2, -0.15) is 4.99 Å². The zero-order valence-electron chi connectivity index (χ0n) is 12.2. The summed E-state index contributed by atoms with van der Waals surface area (Å²) in [7, 11) is 0. The first-order valence-corrected chi connectivity index (χ1v) is 7.21. The van der Waals surface area contributed by atoms with E-state index in [1.807, 2.05) is 19.1 Å². The summed E-state index contributed by atoms with van der Waals surface area (Å²) in [5.74, 6) is -0.132. The van der Waals surface area contributed by atoms with Crippen LogP contribution in [0.1, 0.15) is 29.8 Å². The summed E-state index contributed by atoms with van der Waals surface area (Å²) in [6.45, 7) is 3.65. The lowest BCUT2D eigenvalue weighted by Crippen LogP contribution is -2.47. The number of amides is 2. The Morgan fingerprint density at radius 3 is 2.64 bits per heavy atom. The summed E-state index contributed by atoms with van der Waals surface area (Å²) in [5.41, 5.74) is 1.18. The van der Waals surface area contributed by atoms with Gasteiger partial charge in [0.05, 0.1) is 11.5 Å². The molecule has 0 saturated heterocycles. The number of phenolic OH excluding ortho intramolecular Hbond substituents is 1. The lowest BCUT2D eigenvalue weighted by atomic mass is 9.99. The second-order valence-electron chi connectivity index (χ2n) is 5.87. The summed E-state index contributed by atoms with van der Waals surface area (Å²) in [5, 5.41) is 11.3. The number of nitrogens with zero attached hydrogens (tertiary/aromatic N) is 2. The highest BCUT2D eigenvalue weighted by molar-refractivity contribution is 6.30. The highest BCUT2D eigenvalue weighted by Gasteiger charge is 2.44. The maximum absolute atomic E-state index is 12.9. The van der Waals surface area contributed by atoms with Crippen LogP contribution >= 0.6 is 0 Å². The lowest BCUT2D eigenvalue weighted by Gasteiger charge is -2.32. The molecule has 0 fully saturated rings. The van der Waals surface area contributed by atoms with E-state index in [2.05, 4.69) is 4.99 Å². The molecule has 110 valence electrons. The maximum atomic E-state index is 12.9. The average molecular weight is 294 g/mol. The number of phenols is 1. The molecule has 22 heavy (non-hydrogen) atoms. The topological polar surface area (TPSA) is 70.0 Å². The molecule has 2 amide bonds. The Morgan fingerprint density at radius 2 is 1.86 bits per heavy atom. The van der Waals surface area contributed by atoms with Gasteiger partial charge in [-0.25, -0.2) is 0 Å². The Hall–Kier alpha value is -2.69. The van der Waals surface area contributed by atoms with Crippen molar-refractivity contribution in [1.29, 1.82) is 0 Å². The van der Waals surface area contributed by atoms with E-state index in [0.29, 0.717) is 22.3 Å². The first kappa shape index (κ1) is 13.0. The predicted molar refractivity (Wildman–Crippen MR) is 82.0 cm³/mol. The molecule has 0 aliphatic carbocycles. The van der Waals surface area contributed by atoms with E-state index in [0.717, 1.165) is 5.39 Å². The summed E-state index contributed by atoms with van der Waals surface area (Å²) in [6, 6.07) is 8.41. The monoisotopic (exact) mass is 294 g/mol. The van der Waals surface area contributed by atoms with Gasteiger partial charge in [-0.3, -0.25) is 14.5 Å². The fraction of sp³-hybridized carbons (Fsp3) is 0.235. The van der Waals surface area contributed by atoms with Crippen LogP contribution in [0, 0.1) is 5.92 Å². The van der Waals surface area contributed by atoms with Crippen LogP contribution in [0.5, 0.6) is 5.75 Å². The Morgan fingerprint density at radius 1 is 1.14 bits per heavy atom. The van der Waals surface area contributed by atoms with Crippen LogP contribution in [-0.2, 0) is 4.79 Å². The first-order chi connectivity index (χ1) is 10.5. The highest BCUT2D eigenvalue weighted by Crippen LogP contribution is 2.36. The van der Waals surface area contributed by atoms with E-state index in [1.165, 1.54) is 0 Å². The van der Waals surface area contributed by atoms with Crippen LogP contribution in [0.2, 0.25) is 0 Å². The summed E-state index contributed by atoms with van der Waals surface area (Å²) in [6.07, 6.45) is 0. The molecule has 5 nitrogen and oxygen atoms in total. The van der Waals surface area contributed by atoms with Crippen molar-refractivity contribution in [3.63, 3.8) is 0 Å². The van der Waals surface area contributed by atoms with Crippen LogP contribution < -0.4 is 0 Å². The number of benzene rings is 2. The van der Waals surface area contributed by atoms with Crippen LogP contribution in [0.3, 0.4) is 0 Å². The number of amidine groups is 1. The van der Waals surface area contributed by atoms with Gasteiger partial charge in [0.2, 0.25) is 0 Å². The molecule has 0 radical (unpaired) electrons. The Labute approximate surface area is 126 Å². The van der Waals surface area contributed by atoms with Crippen LogP contribution in [0.4, 0.5) is 0 Å². The summed E-state index contributed by atoms with van der Waals surface area (Å²) < 4.78 is 0. The normalized spacial score (nSPS) is 23.5. The van der Waals surface area contributed by atoms with E-state index < -0.39 is 0 Å². The van der Waals surface area contributed by atoms with E-state index in [1.54, 1.807) is 30.0 Å². The zero-order valence-corrected chi connectivity index (χ0v) is 12.2. The molecule has 0 spiro atoms. The largest absolute Gasteiger partial charge is 0.508 e. The molecule has 1 N–H and O–H groups in total. The van der Waals surface area contributed by atoms with Crippen molar-refractivity contribution in [3.8, 4) is 5.75 Å². The molecule has 2 atom stereocenters. The number of carbonyl (C=O) groups excluding carboxylic acids is 2. The summed E-state index contributed by atoms with van der Waals surface area (Å²) in [4.78, 5) is 30.6. The van der Waals surface area contributed by atoms with Crippen molar-refractivity contribution in [2.45, 2.75) is 19.9 Å². The molecule has 4 rings (SSSR count). The third-order valence-corrected chi connectivity index (χ3v) is 4.64. The zero-order chi connectivity index (χ0) is 15.6. The smallest absolute Gasteiger partial charge is 0.261 e. The molecule has 5 heteroatoms. The molecule has 0 saturated carbocycles. The van der Waals surface area contributed by atoms with E-state index in [9.17, 15) is 14.7 Å². The second-order valence-corrected chi connectivity index (χ2v) is 5.87. The number of aromatic hydroxyl groups is 1. The molecule has 2 aliphatic rings. The standard InChI is InChI=1S/C17H14N2O3/c1-8-9(2)19-15(18-16(8)21)12-6-4-10-3-5-11(20)7-13(10)14(12)17(19)22/h3-9,20H,1-2H3/t8-,9+/m0/s1. The maximum Gasteiger partial charge on any atom is 0.261 e. The molecule has 2 aromatic carbocycles. The number of fused-ring (bicyclic) bond motifs is 5. The third kappa shape index (κ3) is 1.51. The van der Waals surface area contributed by atoms with Crippen LogP contribution in [0.25, 0.3) is 10.8 Å². The fourth-order valence-electron chi connectivity index (χ4n) is 3.20. The van der Waals surface area contributed by atoms with Gasteiger partial charge in [0.25, 0.3) is 11.8 Å². The fourth-order valence-corrected chi connectivity index (χ4v) is 3.20. The van der Waals surface area contributed by atoms with Crippen LogP contribution in [0.15, 0.2) is 35.3 Å². The molecule has 2 aromatic rings. The quantitative estimate of drug-likeness (QED) is 0.810. The molecule has 0 unspecified atom stereocenters. The summed E-state index contributed by atoms with van der Waals surface area (Å²) >= 11 is 0. The lowest BCUT2D eigenvalue weighted by molar-refractivity contribution is -0.122. The molecule has 0 aromatic heterocycles. The number of aliphatic imine (C=N–C) groups is 1. The first-order valence-electron chi connectivity index (χ1n) is 7.21.